The van der Waals surface area contributed by atoms with Crippen LogP contribution in [-0.2, 0) is 33.4 Å². The van der Waals surface area contributed by atoms with Crippen LogP contribution in [0.25, 0.3) is 0 Å². The van der Waals surface area contributed by atoms with Gasteiger partial charge in [0.15, 0.2) is 29.4 Å². The molecule has 0 aromatic carbocycles. The van der Waals surface area contributed by atoms with Gasteiger partial charge in [-0.05, 0) is 64.5 Å². The first-order chi connectivity index (χ1) is 17.6. The fraction of sp³-hybridized carbons (Fsp3) is 0.714. The molecule has 4 fully saturated rings. The van der Waals surface area contributed by atoms with Crippen molar-refractivity contribution in [2.24, 2.45) is 22.7 Å². The van der Waals surface area contributed by atoms with Crippen LogP contribution in [0, 0.1) is 22.7 Å². The monoisotopic (exact) mass is 534 g/mol. The van der Waals surface area contributed by atoms with Crippen molar-refractivity contribution in [3.63, 3.8) is 0 Å². The molecule has 1 aliphatic heterocycles. The van der Waals surface area contributed by atoms with Crippen LogP contribution in [-0.4, -0.2) is 69.6 Å². The van der Waals surface area contributed by atoms with Gasteiger partial charge >= 0.3 is 11.9 Å². The number of Topliss-reactive ketones (excluding diaryl/α,β-unsaturated/α-hetero) is 1. The van der Waals surface area contributed by atoms with E-state index < -0.39 is 82.7 Å². The average Bonchev–Trinajstić information content (AvgIpc) is 3.23. The molecule has 4 aliphatic carbocycles. The molecular weight excluding hydrogens is 499 g/mol. The first kappa shape index (κ1) is 27.1. The molecule has 9 nitrogen and oxygen atoms in total. The molecule has 0 aromatic heterocycles. The number of alkyl halides is 1. The molecule has 0 unspecified atom stereocenters. The van der Waals surface area contributed by atoms with Crippen molar-refractivity contribution in [2.75, 3.05) is 6.61 Å². The van der Waals surface area contributed by atoms with Crippen LogP contribution in [0.5, 0.6) is 0 Å². The minimum Gasteiger partial charge on any atom is -0.481 e. The van der Waals surface area contributed by atoms with E-state index >= 15 is 4.39 Å². The lowest BCUT2D eigenvalue weighted by molar-refractivity contribution is -0.246. The van der Waals surface area contributed by atoms with Gasteiger partial charge in [-0.2, -0.15) is 0 Å². The summed E-state index contributed by atoms with van der Waals surface area (Å²) in [5, 5.41) is 20.4. The number of hydrogen-bond acceptors (Lipinski definition) is 8. The molecule has 0 aromatic rings. The van der Waals surface area contributed by atoms with Gasteiger partial charge in [0, 0.05) is 16.7 Å². The zero-order valence-corrected chi connectivity index (χ0v) is 22.1. The molecule has 10 heteroatoms. The van der Waals surface area contributed by atoms with Gasteiger partial charge in [0.05, 0.1) is 25.0 Å². The third-order valence-corrected chi connectivity index (χ3v) is 9.96. The van der Waals surface area contributed by atoms with Gasteiger partial charge < -0.3 is 24.4 Å². The van der Waals surface area contributed by atoms with Crippen LogP contribution in [0.2, 0.25) is 0 Å². The Hall–Kier alpha value is -2.43. The minimum absolute atomic E-state index is 0.0933. The smallest absolute Gasteiger partial charge is 0.306 e. The number of carboxylic acids is 1. The number of carbonyl (C=O) groups is 4. The number of esters is 1. The topological polar surface area (TPSA) is 136 Å². The number of hydrogen-bond donors (Lipinski definition) is 2. The maximum absolute atomic E-state index is 17.4. The third-order valence-electron chi connectivity index (χ3n) is 9.96. The summed E-state index contributed by atoms with van der Waals surface area (Å²) in [6.07, 6.45) is 2.50. The summed E-state index contributed by atoms with van der Waals surface area (Å²) in [6.45, 7) is 6.26. The Bertz CT molecular complexity index is 1160. The Morgan fingerprint density at radius 2 is 1.87 bits per heavy atom. The Kier molecular flexibility index (Phi) is 6.10. The van der Waals surface area contributed by atoms with E-state index in [1.807, 2.05) is 6.92 Å². The molecule has 5 rings (SSSR count). The van der Waals surface area contributed by atoms with E-state index in [4.69, 9.17) is 19.3 Å². The molecule has 3 saturated carbocycles. The number of ether oxygens (including phenoxy) is 3. The van der Waals surface area contributed by atoms with Crippen LogP contribution >= 0.6 is 0 Å². The van der Waals surface area contributed by atoms with Gasteiger partial charge in [-0.15, -0.1) is 0 Å². The quantitative estimate of drug-likeness (QED) is 0.493. The number of aliphatic hydroxyl groups is 1. The predicted molar refractivity (Wildman–Crippen MR) is 129 cm³/mol. The Labute approximate surface area is 220 Å². The summed E-state index contributed by atoms with van der Waals surface area (Å²) in [5.74, 6) is -4.90. The maximum atomic E-state index is 17.4. The van der Waals surface area contributed by atoms with Crippen molar-refractivity contribution in [1.82, 2.24) is 0 Å². The first-order valence-electron chi connectivity index (χ1n) is 13.2. The van der Waals surface area contributed by atoms with Crippen LogP contribution in [0.4, 0.5) is 4.39 Å². The molecule has 0 amide bonds. The number of carbonyl (C=O) groups excluding carboxylic acids is 3. The molecule has 8 atom stereocenters. The second-order valence-electron chi connectivity index (χ2n) is 12.3. The van der Waals surface area contributed by atoms with Crippen molar-refractivity contribution < 1.29 is 48.0 Å². The zero-order valence-electron chi connectivity index (χ0n) is 22.1. The van der Waals surface area contributed by atoms with E-state index in [1.165, 1.54) is 12.2 Å². The molecule has 38 heavy (non-hydrogen) atoms. The second-order valence-corrected chi connectivity index (χ2v) is 12.3. The zero-order chi connectivity index (χ0) is 27.9. The molecule has 208 valence electrons. The third kappa shape index (κ3) is 3.52. The van der Waals surface area contributed by atoms with E-state index in [-0.39, 0.29) is 18.6 Å². The summed E-state index contributed by atoms with van der Waals surface area (Å²) in [6, 6.07) is 0. The summed E-state index contributed by atoms with van der Waals surface area (Å²) in [7, 11) is 0. The molecule has 0 spiro atoms. The number of rotatable bonds is 6. The van der Waals surface area contributed by atoms with Gasteiger partial charge in [-0.3, -0.25) is 19.2 Å². The highest BCUT2D eigenvalue weighted by Gasteiger charge is 2.80. The van der Waals surface area contributed by atoms with Crippen LogP contribution in [0.15, 0.2) is 23.8 Å². The Balaban J connectivity index is 1.50. The highest BCUT2D eigenvalue weighted by atomic mass is 19.1. The van der Waals surface area contributed by atoms with Gasteiger partial charge in [-0.25, -0.2) is 4.39 Å². The van der Waals surface area contributed by atoms with Crippen molar-refractivity contribution in [1.29, 1.82) is 0 Å². The van der Waals surface area contributed by atoms with Gasteiger partial charge in [-0.1, -0.05) is 18.6 Å². The lowest BCUT2D eigenvalue weighted by Crippen LogP contribution is -2.70. The Morgan fingerprint density at radius 1 is 1.16 bits per heavy atom. The molecule has 1 heterocycles. The predicted octanol–water partition coefficient (Wildman–Crippen LogP) is 2.83. The SMILES string of the molecule is CC1(C)O[C@@H]2C[C@H]3[C@@H]4CCC5=CC(=O)C=C[C@]5(C)[C@@]4(F)[C@@H](O)C[C@]3(C)[C@]2(C(=O)COC(=O)CCC(=O)O)O1. The van der Waals surface area contributed by atoms with E-state index in [2.05, 4.69) is 0 Å². The molecular formula is C28H35FO9. The minimum atomic E-state index is -2.07. The highest BCUT2D eigenvalue weighted by molar-refractivity contribution is 6.01. The van der Waals surface area contributed by atoms with E-state index in [0.717, 1.165) is 0 Å². The maximum Gasteiger partial charge on any atom is 0.306 e. The second kappa shape index (κ2) is 8.53. The fourth-order valence-electron chi connectivity index (χ4n) is 8.34. The standard InChI is InChI=1S/C28H35FO9/c1-24(2)37-21-12-18-17-6-5-15-11-16(30)9-10-25(15,3)27(17,29)19(31)13-26(18,4)28(21,38-24)20(32)14-36-23(35)8-7-22(33)34/h9-11,17-19,21,31H,5-8,12-14H2,1-4H3,(H,33,34)/t17-,18-,19-,21+,25-,26-,27-,28+/m0/s1. The van der Waals surface area contributed by atoms with Crippen molar-refractivity contribution >= 4 is 23.5 Å². The molecule has 1 saturated heterocycles. The van der Waals surface area contributed by atoms with Crippen molar-refractivity contribution in [2.45, 2.75) is 95.5 Å². The van der Waals surface area contributed by atoms with Gasteiger partial charge in [0.1, 0.15) is 0 Å². The number of halogens is 1. The van der Waals surface area contributed by atoms with Crippen LogP contribution in [0.1, 0.15) is 66.2 Å². The van der Waals surface area contributed by atoms with Crippen molar-refractivity contribution in [3.05, 3.63) is 23.8 Å². The number of carboxylic acid groups (broad SMARTS) is 1. The summed E-state index contributed by atoms with van der Waals surface area (Å²) in [5.41, 5.74) is -5.20. The highest BCUT2D eigenvalue weighted by Crippen LogP contribution is 2.72. The molecule has 2 N–H and O–H groups in total. The number of aliphatic hydroxyl groups excluding tert-OH is 1. The number of aliphatic carboxylic acids is 1. The summed E-state index contributed by atoms with van der Waals surface area (Å²) < 4.78 is 35.1. The van der Waals surface area contributed by atoms with Crippen molar-refractivity contribution in [3.8, 4) is 0 Å². The first-order valence-corrected chi connectivity index (χ1v) is 13.2. The fourth-order valence-corrected chi connectivity index (χ4v) is 8.34. The summed E-state index contributed by atoms with van der Waals surface area (Å²) in [4.78, 5) is 48.8. The van der Waals surface area contributed by atoms with Gasteiger partial charge in [0.2, 0.25) is 5.78 Å². The Morgan fingerprint density at radius 3 is 2.55 bits per heavy atom. The van der Waals surface area contributed by atoms with E-state index in [0.29, 0.717) is 24.8 Å². The number of allylic oxidation sites excluding steroid dienone is 4. The summed E-state index contributed by atoms with van der Waals surface area (Å²) >= 11 is 0. The molecule has 0 bridgehead atoms. The van der Waals surface area contributed by atoms with Gasteiger partial charge in [0.25, 0.3) is 0 Å². The van der Waals surface area contributed by atoms with Crippen LogP contribution < -0.4 is 0 Å². The number of ketones is 2. The lowest BCUT2D eigenvalue weighted by Gasteiger charge is -2.62. The van der Waals surface area contributed by atoms with Crippen LogP contribution in [0.3, 0.4) is 0 Å². The van der Waals surface area contributed by atoms with E-state index in [1.54, 1.807) is 26.8 Å². The number of fused-ring (bicyclic) bond motifs is 7. The largest absolute Gasteiger partial charge is 0.481 e. The average molecular weight is 535 g/mol. The lowest BCUT2D eigenvalue weighted by atomic mass is 9.44. The van der Waals surface area contributed by atoms with E-state index in [9.17, 15) is 24.3 Å². The normalized spacial score (nSPS) is 44.4. The molecule has 5 aliphatic rings. The molecule has 0 radical (unpaired) electrons.